The van der Waals surface area contributed by atoms with Gasteiger partial charge in [-0.05, 0) is 62.1 Å². The fraction of sp³-hybridized carbons (Fsp3) is 0.800. The third kappa shape index (κ3) is 2.81. The van der Waals surface area contributed by atoms with Crippen molar-refractivity contribution >= 4 is 15.9 Å². The Morgan fingerprint density at radius 2 is 2.00 bits per heavy atom. The number of aromatic nitrogens is 2. The molecule has 1 fully saturated rings. The minimum absolute atomic E-state index is 0.00407. The van der Waals surface area contributed by atoms with Crippen LogP contribution < -0.4 is 5.73 Å². The van der Waals surface area contributed by atoms with Gasteiger partial charge in [-0.2, -0.15) is 5.10 Å². The molecule has 0 bridgehead atoms. The van der Waals surface area contributed by atoms with Crippen molar-refractivity contribution in [1.82, 2.24) is 14.7 Å². The molecular weight excluding hydrogens is 316 g/mol. The summed E-state index contributed by atoms with van der Waals surface area (Å²) in [6.45, 7) is 9.84. The first kappa shape index (κ1) is 16.0. The lowest BCUT2D eigenvalue weighted by atomic mass is 9.84. The molecule has 0 radical (unpaired) electrons. The molecule has 0 saturated carbocycles. The molecule has 2 heterocycles. The van der Waals surface area contributed by atoms with Crippen molar-refractivity contribution in [2.24, 2.45) is 5.73 Å². The van der Waals surface area contributed by atoms with E-state index in [0.717, 1.165) is 36.2 Å². The maximum absolute atomic E-state index is 6.70. The first-order valence-electron chi connectivity index (χ1n) is 7.76. The Balaban J connectivity index is 2.31. The predicted molar refractivity (Wildman–Crippen MR) is 86.6 cm³/mol. The molecule has 2 N–H and O–H groups in total. The van der Waals surface area contributed by atoms with Crippen LogP contribution in [0.1, 0.15) is 58.2 Å². The highest BCUT2D eigenvalue weighted by Gasteiger charge is 2.39. The van der Waals surface area contributed by atoms with E-state index in [9.17, 15) is 0 Å². The molecule has 1 aromatic heterocycles. The number of hydrogen-bond donors (Lipinski definition) is 1. The van der Waals surface area contributed by atoms with Gasteiger partial charge in [0.15, 0.2) is 0 Å². The third-order valence-corrected chi connectivity index (χ3v) is 5.50. The van der Waals surface area contributed by atoms with E-state index in [1.165, 1.54) is 19.3 Å². The van der Waals surface area contributed by atoms with E-state index in [2.05, 4.69) is 46.7 Å². The summed E-state index contributed by atoms with van der Waals surface area (Å²) < 4.78 is 3.05. The first-order valence-corrected chi connectivity index (χ1v) is 8.55. The number of nitrogens with two attached hydrogens (primary N) is 1. The SMILES string of the molecule is CCn1ncc(Br)c1C(N)C(C)(CC)N1CCCCC1. The van der Waals surface area contributed by atoms with Crippen molar-refractivity contribution in [2.45, 2.75) is 64.6 Å². The average molecular weight is 343 g/mol. The number of likely N-dealkylation sites (tertiary alicyclic amines) is 1. The summed E-state index contributed by atoms with van der Waals surface area (Å²) in [6.07, 6.45) is 6.84. The van der Waals surface area contributed by atoms with Crippen LogP contribution in [0.3, 0.4) is 0 Å². The smallest absolute Gasteiger partial charge is 0.0712 e. The summed E-state index contributed by atoms with van der Waals surface area (Å²) in [6, 6.07) is -0.0255. The van der Waals surface area contributed by atoms with Crippen molar-refractivity contribution in [3.8, 4) is 0 Å². The number of hydrogen-bond acceptors (Lipinski definition) is 3. The molecule has 1 saturated heterocycles. The molecule has 0 amide bonds. The monoisotopic (exact) mass is 342 g/mol. The zero-order valence-corrected chi connectivity index (χ0v) is 14.5. The topological polar surface area (TPSA) is 47.1 Å². The normalized spacial score (nSPS) is 21.6. The number of piperidine rings is 1. The summed E-state index contributed by atoms with van der Waals surface area (Å²) in [5.74, 6) is 0. The number of aryl methyl sites for hydroxylation is 1. The minimum Gasteiger partial charge on any atom is -0.321 e. The summed E-state index contributed by atoms with van der Waals surface area (Å²) in [4.78, 5) is 2.58. The molecule has 0 aromatic carbocycles. The molecule has 0 aliphatic carbocycles. The van der Waals surface area contributed by atoms with E-state index >= 15 is 0 Å². The van der Waals surface area contributed by atoms with Crippen LogP contribution in [0, 0.1) is 0 Å². The lowest BCUT2D eigenvalue weighted by molar-refractivity contribution is 0.0516. The fourth-order valence-electron chi connectivity index (χ4n) is 3.27. The van der Waals surface area contributed by atoms with Crippen LogP contribution in [0.2, 0.25) is 0 Å². The van der Waals surface area contributed by atoms with E-state index in [0.29, 0.717) is 0 Å². The standard InChI is InChI=1S/C15H27BrN4/c1-4-15(3,19-9-7-6-8-10-19)14(17)13-12(16)11-18-20(13)5-2/h11,14H,4-10,17H2,1-3H3. The predicted octanol–water partition coefficient (Wildman–Crippen LogP) is 3.32. The lowest BCUT2D eigenvalue weighted by Crippen LogP contribution is -2.55. The van der Waals surface area contributed by atoms with Gasteiger partial charge in [0.05, 0.1) is 22.4 Å². The molecule has 2 rings (SSSR count). The molecule has 1 aliphatic rings. The maximum atomic E-state index is 6.70. The highest BCUT2D eigenvalue weighted by molar-refractivity contribution is 9.10. The molecule has 4 nitrogen and oxygen atoms in total. The van der Waals surface area contributed by atoms with Gasteiger partial charge in [0.2, 0.25) is 0 Å². The Hall–Kier alpha value is -0.390. The second kappa shape index (κ2) is 6.58. The highest BCUT2D eigenvalue weighted by Crippen LogP contribution is 2.37. The van der Waals surface area contributed by atoms with Crippen molar-refractivity contribution in [1.29, 1.82) is 0 Å². The van der Waals surface area contributed by atoms with Gasteiger partial charge < -0.3 is 5.73 Å². The van der Waals surface area contributed by atoms with Gasteiger partial charge in [-0.15, -0.1) is 0 Å². The second-order valence-corrected chi connectivity index (χ2v) is 6.78. The Morgan fingerprint density at radius 3 is 2.55 bits per heavy atom. The van der Waals surface area contributed by atoms with Crippen LogP contribution >= 0.6 is 15.9 Å². The minimum atomic E-state index is -0.0255. The number of rotatable bonds is 5. The van der Waals surface area contributed by atoms with E-state index in [-0.39, 0.29) is 11.6 Å². The summed E-state index contributed by atoms with van der Waals surface area (Å²) in [7, 11) is 0. The molecule has 114 valence electrons. The second-order valence-electron chi connectivity index (χ2n) is 5.93. The van der Waals surface area contributed by atoms with Crippen molar-refractivity contribution < 1.29 is 0 Å². The van der Waals surface area contributed by atoms with Crippen LogP contribution in [0.5, 0.6) is 0 Å². The lowest BCUT2D eigenvalue weighted by Gasteiger charge is -2.46. The molecule has 5 heteroatoms. The fourth-order valence-corrected chi connectivity index (χ4v) is 3.82. The van der Waals surface area contributed by atoms with Gasteiger partial charge >= 0.3 is 0 Å². The van der Waals surface area contributed by atoms with Gasteiger partial charge in [0.1, 0.15) is 0 Å². The zero-order chi connectivity index (χ0) is 14.8. The van der Waals surface area contributed by atoms with E-state index < -0.39 is 0 Å². The average Bonchev–Trinajstić information content (AvgIpc) is 2.87. The van der Waals surface area contributed by atoms with Crippen LogP contribution in [-0.2, 0) is 6.54 Å². The molecule has 2 unspecified atom stereocenters. The largest absolute Gasteiger partial charge is 0.321 e. The Labute approximate surface area is 130 Å². The van der Waals surface area contributed by atoms with Crippen LogP contribution in [-0.4, -0.2) is 33.3 Å². The zero-order valence-electron chi connectivity index (χ0n) is 12.9. The summed E-state index contributed by atoms with van der Waals surface area (Å²) >= 11 is 3.62. The van der Waals surface area contributed by atoms with Crippen molar-refractivity contribution in [3.63, 3.8) is 0 Å². The van der Waals surface area contributed by atoms with Crippen molar-refractivity contribution in [2.75, 3.05) is 13.1 Å². The van der Waals surface area contributed by atoms with Gasteiger partial charge in [0.25, 0.3) is 0 Å². The summed E-state index contributed by atoms with van der Waals surface area (Å²) in [5, 5.41) is 4.42. The first-order chi connectivity index (χ1) is 9.54. The van der Waals surface area contributed by atoms with Crippen LogP contribution in [0.15, 0.2) is 10.7 Å². The van der Waals surface area contributed by atoms with Crippen LogP contribution in [0.25, 0.3) is 0 Å². The molecule has 0 spiro atoms. The number of nitrogens with zero attached hydrogens (tertiary/aromatic N) is 3. The van der Waals surface area contributed by atoms with Gasteiger partial charge in [-0.1, -0.05) is 13.3 Å². The summed E-state index contributed by atoms with van der Waals surface area (Å²) in [5.41, 5.74) is 7.83. The van der Waals surface area contributed by atoms with E-state index in [1.807, 2.05) is 10.9 Å². The molecule has 1 aromatic rings. The molecule has 20 heavy (non-hydrogen) atoms. The molecular formula is C15H27BrN4. The van der Waals surface area contributed by atoms with Gasteiger partial charge in [-0.3, -0.25) is 9.58 Å². The molecule has 1 aliphatic heterocycles. The van der Waals surface area contributed by atoms with Crippen molar-refractivity contribution in [3.05, 3.63) is 16.4 Å². The Morgan fingerprint density at radius 1 is 1.35 bits per heavy atom. The quantitative estimate of drug-likeness (QED) is 0.892. The van der Waals surface area contributed by atoms with Gasteiger partial charge in [0, 0.05) is 12.1 Å². The van der Waals surface area contributed by atoms with Crippen LogP contribution in [0.4, 0.5) is 0 Å². The third-order valence-electron chi connectivity index (χ3n) is 4.89. The maximum Gasteiger partial charge on any atom is 0.0712 e. The van der Waals surface area contributed by atoms with E-state index in [1.54, 1.807) is 0 Å². The Bertz CT molecular complexity index is 439. The number of halogens is 1. The highest BCUT2D eigenvalue weighted by atomic mass is 79.9. The Kier molecular flexibility index (Phi) is 5.26. The molecule has 2 atom stereocenters. The van der Waals surface area contributed by atoms with Gasteiger partial charge in [-0.25, -0.2) is 0 Å². The van der Waals surface area contributed by atoms with E-state index in [4.69, 9.17) is 5.73 Å².